The molecule has 0 aromatic carbocycles. The number of aliphatic hydroxyl groups is 1. The molecule has 0 spiro atoms. The number of rotatable bonds is 9. The van der Waals surface area contributed by atoms with E-state index >= 15 is 0 Å². The molecule has 0 saturated heterocycles. The van der Waals surface area contributed by atoms with Gasteiger partial charge in [-0.05, 0) is 26.4 Å². The molecule has 0 amide bonds. The number of nitrogens with zero attached hydrogens (tertiary/aromatic N) is 1. The molecule has 0 aromatic rings. The molecule has 0 aliphatic carbocycles. The summed E-state index contributed by atoms with van der Waals surface area (Å²) in [7, 11) is 1.27. The van der Waals surface area contributed by atoms with E-state index < -0.39 is 11.6 Å². The SMILES string of the molecule is CCCN(CC)CCNCC(C)(O)C(=O)OC. The number of hydrogen-bond acceptors (Lipinski definition) is 5. The predicted molar refractivity (Wildman–Crippen MR) is 67.9 cm³/mol. The monoisotopic (exact) mass is 246 g/mol. The van der Waals surface area contributed by atoms with Gasteiger partial charge >= 0.3 is 5.97 Å². The number of ether oxygens (including phenoxy) is 1. The fourth-order valence-corrected chi connectivity index (χ4v) is 1.61. The molecule has 1 atom stereocenters. The van der Waals surface area contributed by atoms with Crippen LogP contribution in [-0.2, 0) is 9.53 Å². The molecule has 5 heteroatoms. The number of hydrogen-bond donors (Lipinski definition) is 2. The number of esters is 1. The summed E-state index contributed by atoms with van der Waals surface area (Å²) in [6.45, 7) is 9.70. The van der Waals surface area contributed by atoms with Gasteiger partial charge in [-0.25, -0.2) is 4.79 Å². The minimum atomic E-state index is -1.45. The minimum Gasteiger partial charge on any atom is -0.467 e. The van der Waals surface area contributed by atoms with Crippen molar-refractivity contribution < 1.29 is 14.6 Å². The van der Waals surface area contributed by atoms with E-state index in [1.165, 1.54) is 14.0 Å². The Bertz CT molecular complexity index is 220. The van der Waals surface area contributed by atoms with Crippen LogP contribution in [0.4, 0.5) is 0 Å². The molecule has 1 unspecified atom stereocenters. The minimum absolute atomic E-state index is 0.212. The molecule has 0 heterocycles. The molecule has 0 bridgehead atoms. The predicted octanol–water partition coefficient (Wildman–Crippen LogP) is 0.232. The highest BCUT2D eigenvalue weighted by atomic mass is 16.5. The standard InChI is InChI=1S/C12H26N2O3/c1-5-8-14(6-2)9-7-13-10-12(3,16)11(15)17-4/h13,16H,5-10H2,1-4H3. The van der Waals surface area contributed by atoms with Crippen molar-refractivity contribution in [1.29, 1.82) is 0 Å². The molecule has 102 valence electrons. The third kappa shape index (κ3) is 6.61. The maximum atomic E-state index is 11.2. The van der Waals surface area contributed by atoms with E-state index in [1.54, 1.807) is 0 Å². The molecule has 0 aromatic heterocycles. The maximum Gasteiger partial charge on any atom is 0.338 e. The van der Waals surface area contributed by atoms with Crippen LogP contribution in [0.15, 0.2) is 0 Å². The lowest BCUT2D eigenvalue weighted by atomic mass is 10.1. The highest BCUT2D eigenvalue weighted by Crippen LogP contribution is 2.03. The van der Waals surface area contributed by atoms with Crippen LogP contribution in [0.25, 0.3) is 0 Å². The Labute approximate surface area is 104 Å². The summed E-state index contributed by atoms with van der Waals surface area (Å²) in [5.41, 5.74) is -1.45. The molecular weight excluding hydrogens is 220 g/mol. The molecule has 17 heavy (non-hydrogen) atoms. The smallest absolute Gasteiger partial charge is 0.338 e. The second-order valence-electron chi connectivity index (χ2n) is 4.38. The largest absolute Gasteiger partial charge is 0.467 e. The van der Waals surface area contributed by atoms with Crippen LogP contribution in [-0.4, -0.2) is 61.4 Å². The molecule has 2 N–H and O–H groups in total. The number of carbonyl (C=O) groups is 1. The van der Waals surface area contributed by atoms with Gasteiger partial charge in [-0.15, -0.1) is 0 Å². The fourth-order valence-electron chi connectivity index (χ4n) is 1.61. The second-order valence-corrected chi connectivity index (χ2v) is 4.38. The van der Waals surface area contributed by atoms with Gasteiger partial charge < -0.3 is 20.1 Å². The van der Waals surface area contributed by atoms with E-state index in [0.29, 0.717) is 0 Å². The summed E-state index contributed by atoms with van der Waals surface area (Å²) in [5.74, 6) is -0.606. The molecule has 0 saturated carbocycles. The van der Waals surface area contributed by atoms with Crippen molar-refractivity contribution in [2.75, 3.05) is 39.8 Å². The summed E-state index contributed by atoms with van der Waals surface area (Å²) < 4.78 is 4.51. The third-order valence-corrected chi connectivity index (χ3v) is 2.69. The van der Waals surface area contributed by atoms with Gasteiger partial charge in [-0.1, -0.05) is 13.8 Å². The number of nitrogens with one attached hydrogen (secondary N) is 1. The van der Waals surface area contributed by atoms with E-state index in [2.05, 4.69) is 28.8 Å². The Morgan fingerprint density at radius 1 is 1.41 bits per heavy atom. The van der Waals surface area contributed by atoms with Gasteiger partial charge in [0.25, 0.3) is 0 Å². The number of carbonyl (C=O) groups excluding carboxylic acids is 1. The van der Waals surface area contributed by atoms with Gasteiger partial charge in [-0.3, -0.25) is 0 Å². The number of methoxy groups -OCH3 is 1. The van der Waals surface area contributed by atoms with Crippen molar-refractivity contribution in [3.05, 3.63) is 0 Å². The first-order chi connectivity index (χ1) is 7.97. The van der Waals surface area contributed by atoms with Crippen molar-refractivity contribution in [3.8, 4) is 0 Å². The Morgan fingerprint density at radius 3 is 2.53 bits per heavy atom. The van der Waals surface area contributed by atoms with E-state index in [9.17, 15) is 9.90 Å². The summed E-state index contributed by atoms with van der Waals surface area (Å²) in [5, 5.41) is 12.8. The molecule has 0 radical (unpaired) electrons. The van der Waals surface area contributed by atoms with Gasteiger partial charge in [0.15, 0.2) is 5.60 Å². The zero-order valence-electron chi connectivity index (χ0n) is 11.5. The molecule has 5 nitrogen and oxygen atoms in total. The highest BCUT2D eigenvalue weighted by molar-refractivity contribution is 5.78. The van der Waals surface area contributed by atoms with Crippen molar-refractivity contribution >= 4 is 5.97 Å². The van der Waals surface area contributed by atoms with Gasteiger partial charge in [0.05, 0.1) is 7.11 Å². The first kappa shape index (κ1) is 16.4. The van der Waals surface area contributed by atoms with Crippen LogP contribution in [0, 0.1) is 0 Å². The Morgan fingerprint density at radius 2 is 2.06 bits per heavy atom. The zero-order valence-corrected chi connectivity index (χ0v) is 11.5. The van der Waals surface area contributed by atoms with Crippen LogP contribution in [0.1, 0.15) is 27.2 Å². The average molecular weight is 246 g/mol. The van der Waals surface area contributed by atoms with Crippen LogP contribution >= 0.6 is 0 Å². The Kier molecular flexibility index (Phi) is 8.12. The summed E-state index contributed by atoms with van der Waals surface area (Å²) in [4.78, 5) is 13.5. The zero-order chi connectivity index (χ0) is 13.3. The summed E-state index contributed by atoms with van der Waals surface area (Å²) in [6, 6.07) is 0. The lowest BCUT2D eigenvalue weighted by Gasteiger charge is -2.23. The third-order valence-electron chi connectivity index (χ3n) is 2.69. The van der Waals surface area contributed by atoms with Crippen molar-refractivity contribution in [2.24, 2.45) is 0 Å². The normalized spacial score (nSPS) is 14.7. The molecule has 0 rings (SSSR count). The molecular formula is C12H26N2O3. The maximum absolute atomic E-state index is 11.2. The first-order valence-electron chi connectivity index (χ1n) is 6.21. The number of likely N-dealkylation sites (N-methyl/N-ethyl adjacent to an activating group) is 1. The van der Waals surface area contributed by atoms with Crippen LogP contribution in [0.2, 0.25) is 0 Å². The first-order valence-corrected chi connectivity index (χ1v) is 6.21. The van der Waals surface area contributed by atoms with Crippen molar-refractivity contribution in [2.45, 2.75) is 32.8 Å². The lowest BCUT2D eigenvalue weighted by Crippen LogP contribution is -2.47. The van der Waals surface area contributed by atoms with Crippen LogP contribution in [0.5, 0.6) is 0 Å². The van der Waals surface area contributed by atoms with Gasteiger partial charge in [0.1, 0.15) is 0 Å². The highest BCUT2D eigenvalue weighted by Gasteiger charge is 2.30. The lowest BCUT2D eigenvalue weighted by molar-refractivity contribution is -0.159. The molecule has 0 aliphatic heterocycles. The molecule has 0 aliphatic rings. The van der Waals surface area contributed by atoms with Gasteiger partial charge in [0, 0.05) is 19.6 Å². The van der Waals surface area contributed by atoms with Gasteiger partial charge in [-0.2, -0.15) is 0 Å². The van der Waals surface area contributed by atoms with E-state index in [-0.39, 0.29) is 6.54 Å². The Balaban J connectivity index is 3.79. The quantitative estimate of drug-likeness (QED) is 0.450. The molecule has 0 fully saturated rings. The van der Waals surface area contributed by atoms with E-state index in [0.717, 1.165) is 32.6 Å². The van der Waals surface area contributed by atoms with E-state index in [4.69, 9.17) is 0 Å². The van der Waals surface area contributed by atoms with Crippen LogP contribution in [0.3, 0.4) is 0 Å². The second kappa shape index (κ2) is 8.44. The van der Waals surface area contributed by atoms with Gasteiger partial charge in [0.2, 0.25) is 0 Å². The summed E-state index contributed by atoms with van der Waals surface area (Å²) >= 11 is 0. The summed E-state index contributed by atoms with van der Waals surface area (Å²) in [6.07, 6.45) is 1.13. The van der Waals surface area contributed by atoms with E-state index in [1.807, 2.05) is 0 Å². The average Bonchev–Trinajstić information content (AvgIpc) is 2.31. The Hall–Kier alpha value is -0.650. The van der Waals surface area contributed by atoms with Crippen molar-refractivity contribution in [1.82, 2.24) is 10.2 Å². The van der Waals surface area contributed by atoms with Crippen LogP contribution < -0.4 is 5.32 Å². The topological polar surface area (TPSA) is 61.8 Å². The fraction of sp³-hybridized carbons (Fsp3) is 0.917. The van der Waals surface area contributed by atoms with Crippen molar-refractivity contribution in [3.63, 3.8) is 0 Å².